The summed E-state index contributed by atoms with van der Waals surface area (Å²) in [4.78, 5) is 26.2. The second kappa shape index (κ2) is 7.78. The molecule has 0 saturated heterocycles. The van der Waals surface area contributed by atoms with Crippen LogP contribution in [-0.4, -0.2) is 24.4 Å². The van der Waals surface area contributed by atoms with Gasteiger partial charge in [0.05, 0.1) is 10.1 Å². The second-order valence-corrected chi connectivity index (χ2v) is 10.2. The largest absolute Gasteiger partial charge is 0.421 e. The number of rotatable bonds is 5. The van der Waals surface area contributed by atoms with E-state index in [-0.39, 0.29) is 27.5 Å². The number of Topliss-reactive ketones (excluding diaryl/α,β-unsaturated/α-hetero) is 1. The normalized spacial score (nSPS) is 20.3. The van der Waals surface area contributed by atoms with Crippen molar-refractivity contribution in [1.29, 1.82) is 0 Å². The van der Waals surface area contributed by atoms with Gasteiger partial charge in [0.2, 0.25) is 0 Å². The quantitative estimate of drug-likeness (QED) is 0.741. The van der Waals surface area contributed by atoms with Gasteiger partial charge >= 0.3 is 6.18 Å². The number of H-pyrrole nitrogens is 1. The lowest BCUT2D eigenvalue weighted by Gasteiger charge is -2.13. The molecule has 0 radical (unpaired) electrons. The number of aromatic nitrogens is 1. The fourth-order valence-corrected chi connectivity index (χ4v) is 5.47. The minimum atomic E-state index is -4.77. The van der Waals surface area contributed by atoms with E-state index in [0.29, 0.717) is 43.2 Å². The number of halogens is 3. The first-order chi connectivity index (χ1) is 14.6. The summed E-state index contributed by atoms with van der Waals surface area (Å²) in [5, 5.41) is -0.357. The summed E-state index contributed by atoms with van der Waals surface area (Å²) >= 11 is 0. The lowest BCUT2D eigenvalue weighted by Crippen LogP contribution is -2.22. The number of nitrogens with one attached hydrogen (secondary N) is 1. The average molecular weight is 451 g/mol. The van der Waals surface area contributed by atoms with Crippen molar-refractivity contribution in [2.75, 3.05) is 0 Å². The van der Waals surface area contributed by atoms with Crippen LogP contribution < -0.4 is 5.56 Å². The summed E-state index contributed by atoms with van der Waals surface area (Å²) < 4.78 is 63.8. The fourth-order valence-electron chi connectivity index (χ4n) is 3.81. The zero-order chi connectivity index (χ0) is 22.4. The van der Waals surface area contributed by atoms with E-state index >= 15 is 0 Å². The Bertz CT molecular complexity index is 1210. The first-order valence-electron chi connectivity index (χ1n) is 9.94. The number of allylic oxidation sites excluding steroid dienone is 1. The molecule has 2 aromatic rings. The summed E-state index contributed by atoms with van der Waals surface area (Å²) in [5.41, 5.74) is -1.37. The maximum absolute atomic E-state index is 13.0. The molecular weight excluding hydrogens is 431 g/mol. The van der Waals surface area contributed by atoms with Crippen molar-refractivity contribution in [2.45, 2.75) is 48.4 Å². The third-order valence-electron chi connectivity index (χ3n) is 5.65. The summed E-state index contributed by atoms with van der Waals surface area (Å²) in [7, 11) is -3.38. The summed E-state index contributed by atoms with van der Waals surface area (Å²) in [5.74, 6) is -0.00412. The maximum Gasteiger partial charge on any atom is 0.421 e. The molecule has 31 heavy (non-hydrogen) atoms. The van der Waals surface area contributed by atoms with Crippen LogP contribution in [0.5, 0.6) is 0 Å². The number of ketones is 1. The molecule has 4 rings (SSSR count). The van der Waals surface area contributed by atoms with Crippen molar-refractivity contribution in [1.82, 2.24) is 4.98 Å². The fraction of sp³-hybridized carbons (Fsp3) is 0.364. The summed E-state index contributed by atoms with van der Waals surface area (Å²) in [6.45, 7) is 0. The number of carbonyl (C=O) groups excluding carboxylic acids is 1. The Hall–Kier alpha value is -2.68. The standard InChI is InChI=1S/C22H20F3NO4S/c23-22(24,25)19-9-10-20(26-21(19)28)18(12-13-1-4-15(27)11-13)14-2-5-16(6-3-14)31(29,30)17-7-8-17/h2-3,5-6,9-10,12-13,17H,1,4,7-8,11H2,(H,26,28)/t13-/m0/s1. The molecule has 1 aromatic heterocycles. The van der Waals surface area contributed by atoms with Gasteiger partial charge in [-0.3, -0.25) is 9.59 Å². The van der Waals surface area contributed by atoms with Crippen molar-refractivity contribution in [3.63, 3.8) is 0 Å². The minimum absolute atomic E-state index is 0.104. The number of sulfone groups is 1. The van der Waals surface area contributed by atoms with Crippen LogP contribution >= 0.6 is 0 Å². The van der Waals surface area contributed by atoms with E-state index in [1.807, 2.05) is 0 Å². The Kier molecular flexibility index (Phi) is 5.41. The molecule has 2 fully saturated rings. The smallest absolute Gasteiger partial charge is 0.321 e. The maximum atomic E-state index is 13.0. The number of benzene rings is 1. The van der Waals surface area contributed by atoms with Gasteiger partial charge in [0.1, 0.15) is 11.3 Å². The molecule has 2 aliphatic carbocycles. The van der Waals surface area contributed by atoms with Gasteiger partial charge in [-0.15, -0.1) is 0 Å². The zero-order valence-electron chi connectivity index (χ0n) is 16.4. The molecule has 164 valence electrons. The summed E-state index contributed by atoms with van der Waals surface area (Å²) in [6, 6.07) is 8.01. The third kappa shape index (κ3) is 4.51. The molecule has 2 aliphatic rings. The van der Waals surface area contributed by atoms with E-state index in [4.69, 9.17) is 0 Å². The monoisotopic (exact) mass is 451 g/mol. The van der Waals surface area contributed by atoms with Gasteiger partial charge in [-0.1, -0.05) is 18.2 Å². The van der Waals surface area contributed by atoms with Crippen LogP contribution in [0.25, 0.3) is 5.57 Å². The second-order valence-electron chi connectivity index (χ2n) is 8.00. The highest BCUT2D eigenvalue weighted by atomic mass is 32.2. The topological polar surface area (TPSA) is 84.1 Å². The van der Waals surface area contributed by atoms with Crippen LogP contribution in [0.2, 0.25) is 0 Å². The number of aromatic amines is 1. The van der Waals surface area contributed by atoms with Gasteiger partial charge in [-0.2, -0.15) is 13.2 Å². The lowest BCUT2D eigenvalue weighted by molar-refractivity contribution is -0.138. The number of alkyl halides is 3. The van der Waals surface area contributed by atoms with Crippen LogP contribution in [0.1, 0.15) is 48.9 Å². The van der Waals surface area contributed by atoms with Crippen LogP contribution in [0, 0.1) is 5.92 Å². The zero-order valence-corrected chi connectivity index (χ0v) is 17.2. The molecule has 2 saturated carbocycles. The Morgan fingerprint density at radius 3 is 2.19 bits per heavy atom. The molecule has 0 spiro atoms. The van der Waals surface area contributed by atoms with E-state index in [1.165, 1.54) is 18.2 Å². The van der Waals surface area contributed by atoms with Gasteiger partial charge in [0.15, 0.2) is 9.84 Å². The molecule has 1 aromatic carbocycles. The SMILES string of the molecule is O=C1CC[C@H](C=C(c2ccc(S(=O)(=O)C3CC3)cc2)c2ccc(C(F)(F)F)c(=O)[nH]2)C1. The highest BCUT2D eigenvalue weighted by Gasteiger charge is 2.37. The highest BCUT2D eigenvalue weighted by Crippen LogP contribution is 2.35. The summed E-state index contributed by atoms with van der Waals surface area (Å²) in [6.07, 6.45) is -0.365. The van der Waals surface area contributed by atoms with Crippen molar-refractivity contribution in [2.24, 2.45) is 5.92 Å². The van der Waals surface area contributed by atoms with Crippen molar-refractivity contribution in [3.05, 3.63) is 69.6 Å². The van der Waals surface area contributed by atoms with E-state index in [0.717, 1.165) is 6.07 Å². The van der Waals surface area contributed by atoms with E-state index in [9.17, 15) is 31.2 Å². The first kappa shape index (κ1) is 21.5. The number of carbonyl (C=O) groups is 1. The van der Waals surface area contributed by atoms with Gasteiger partial charge < -0.3 is 4.98 Å². The predicted molar refractivity (Wildman–Crippen MR) is 108 cm³/mol. The predicted octanol–water partition coefficient (Wildman–Crippen LogP) is 4.13. The molecule has 0 aliphatic heterocycles. The van der Waals surface area contributed by atoms with E-state index in [1.54, 1.807) is 18.2 Å². The van der Waals surface area contributed by atoms with Crippen molar-refractivity contribution in [3.8, 4) is 0 Å². The molecule has 0 bridgehead atoms. The van der Waals surface area contributed by atoms with E-state index in [2.05, 4.69) is 4.98 Å². The van der Waals surface area contributed by atoms with Crippen molar-refractivity contribution >= 4 is 21.2 Å². The lowest BCUT2D eigenvalue weighted by atomic mass is 9.96. The molecule has 9 heteroatoms. The molecule has 5 nitrogen and oxygen atoms in total. The van der Waals surface area contributed by atoms with Gasteiger partial charge in [0, 0.05) is 24.1 Å². The van der Waals surface area contributed by atoms with E-state index < -0.39 is 27.1 Å². The number of pyridine rings is 1. The molecule has 1 atom stereocenters. The Labute approximate surface area is 176 Å². The molecule has 0 amide bonds. The molecule has 1 N–H and O–H groups in total. The van der Waals surface area contributed by atoms with Crippen LogP contribution in [0.15, 0.2) is 52.2 Å². The third-order valence-corrected chi connectivity index (χ3v) is 7.93. The number of hydrogen-bond acceptors (Lipinski definition) is 4. The van der Waals surface area contributed by atoms with Gasteiger partial charge in [-0.25, -0.2) is 8.42 Å². The average Bonchev–Trinajstić information content (AvgIpc) is 3.48. The Balaban J connectivity index is 1.75. The molecule has 1 heterocycles. The van der Waals surface area contributed by atoms with Crippen LogP contribution in [0.4, 0.5) is 13.2 Å². The van der Waals surface area contributed by atoms with Crippen molar-refractivity contribution < 1.29 is 26.4 Å². The molecular formula is C22H20F3NO4S. The Morgan fingerprint density at radius 2 is 1.68 bits per heavy atom. The van der Waals surface area contributed by atoms with Crippen LogP contribution in [-0.2, 0) is 20.8 Å². The first-order valence-corrected chi connectivity index (χ1v) is 11.5. The highest BCUT2D eigenvalue weighted by molar-refractivity contribution is 7.92. The van der Waals surface area contributed by atoms with Gasteiger partial charge in [-0.05, 0) is 55.0 Å². The van der Waals surface area contributed by atoms with Crippen LogP contribution in [0.3, 0.4) is 0 Å². The number of hydrogen-bond donors (Lipinski definition) is 1. The van der Waals surface area contributed by atoms with Gasteiger partial charge in [0.25, 0.3) is 5.56 Å². The Morgan fingerprint density at radius 1 is 1.00 bits per heavy atom. The molecule has 0 unspecified atom stereocenters. The minimum Gasteiger partial charge on any atom is -0.321 e.